The van der Waals surface area contributed by atoms with Gasteiger partial charge in [-0.3, -0.25) is 4.79 Å². The minimum absolute atomic E-state index is 0.0983. The van der Waals surface area contributed by atoms with Gasteiger partial charge in [0.05, 0.1) is 17.3 Å². The van der Waals surface area contributed by atoms with Crippen LogP contribution < -0.4 is 10.1 Å². The number of benzene rings is 2. The molecule has 0 bridgehead atoms. The van der Waals surface area contributed by atoms with Gasteiger partial charge in [-0.15, -0.1) is 0 Å². The third-order valence-electron chi connectivity index (χ3n) is 3.35. The van der Waals surface area contributed by atoms with Crippen molar-refractivity contribution < 1.29 is 9.53 Å². The maximum absolute atomic E-state index is 11.9. The summed E-state index contributed by atoms with van der Waals surface area (Å²) in [6.07, 6.45) is 0.994. The van der Waals surface area contributed by atoms with Crippen molar-refractivity contribution >= 4 is 34.8 Å². The number of halogens is 2. The van der Waals surface area contributed by atoms with Crippen LogP contribution in [-0.4, -0.2) is 12.5 Å². The molecule has 0 aliphatic rings. The topological polar surface area (TPSA) is 38.3 Å². The Labute approximate surface area is 146 Å². The molecule has 0 atom stereocenters. The zero-order valence-corrected chi connectivity index (χ0v) is 14.7. The lowest BCUT2D eigenvalue weighted by atomic mass is 10.1. The average Bonchev–Trinajstić information content (AvgIpc) is 2.50. The summed E-state index contributed by atoms with van der Waals surface area (Å²) in [6.45, 7) is 4.52. The first-order valence-electron chi connectivity index (χ1n) is 7.40. The van der Waals surface area contributed by atoms with Crippen LogP contribution in [0.5, 0.6) is 5.75 Å². The van der Waals surface area contributed by atoms with E-state index >= 15 is 0 Å². The molecule has 1 amide bonds. The monoisotopic (exact) mass is 351 g/mol. The number of nitrogens with one attached hydrogen (secondary N) is 1. The molecule has 1 N–H and O–H groups in total. The second-order valence-corrected chi connectivity index (χ2v) is 6.24. The van der Waals surface area contributed by atoms with Crippen molar-refractivity contribution in [2.45, 2.75) is 26.7 Å². The number of aryl methyl sites for hydroxylation is 2. The summed E-state index contributed by atoms with van der Waals surface area (Å²) in [4.78, 5) is 11.9. The molecule has 3 nitrogen and oxygen atoms in total. The van der Waals surface area contributed by atoms with Crippen LogP contribution in [0, 0.1) is 13.8 Å². The van der Waals surface area contributed by atoms with Crippen LogP contribution in [0.3, 0.4) is 0 Å². The molecule has 23 heavy (non-hydrogen) atoms. The minimum Gasteiger partial charge on any atom is -0.493 e. The standard InChI is InChI=1S/C18H19Cl2NO2/c1-12-5-6-13(2)17(10-12)23-9-3-4-18(22)21-16-8-7-14(19)11-15(16)20/h5-8,10-11H,3-4,9H2,1-2H3,(H,21,22). The van der Waals surface area contributed by atoms with Crippen LogP contribution >= 0.6 is 23.2 Å². The maximum Gasteiger partial charge on any atom is 0.224 e. The number of anilines is 1. The number of hydrogen-bond acceptors (Lipinski definition) is 2. The highest BCUT2D eigenvalue weighted by Crippen LogP contribution is 2.25. The first-order chi connectivity index (χ1) is 11.0. The van der Waals surface area contributed by atoms with Crippen LogP contribution in [-0.2, 0) is 4.79 Å². The molecule has 0 radical (unpaired) electrons. The van der Waals surface area contributed by atoms with Crippen LogP contribution in [0.2, 0.25) is 10.0 Å². The molecule has 122 valence electrons. The van der Waals surface area contributed by atoms with Crippen LogP contribution in [0.4, 0.5) is 5.69 Å². The number of hydrogen-bond donors (Lipinski definition) is 1. The molecular formula is C18H19Cl2NO2. The van der Waals surface area contributed by atoms with E-state index < -0.39 is 0 Å². The van der Waals surface area contributed by atoms with E-state index in [2.05, 4.69) is 5.32 Å². The van der Waals surface area contributed by atoms with Gasteiger partial charge in [0.15, 0.2) is 0 Å². The smallest absolute Gasteiger partial charge is 0.224 e. The molecular weight excluding hydrogens is 333 g/mol. The summed E-state index contributed by atoms with van der Waals surface area (Å²) < 4.78 is 5.73. The van der Waals surface area contributed by atoms with E-state index in [0.717, 1.165) is 16.9 Å². The van der Waals surface area contributed by atoms with E-state index in [4.69, 9.17) is 27.9 Å². The fourth-order valence-corrected chi connectivity index (χ4v) is 2.54. The Hall–Kier alpha value is -1.71. The Bertz CT molecular complexity index is 701. The first kappa shape index (κ1) is 17.6. The Balaban J connectivity index is 1.77. The highest BCUT2D eigenvalue weighted by molar-refractivity contribution is 6.36. The molecule has 0 spiro atoms. The molecule has 0 aromatic heterocycles. The predicted octanol–water partition coefficient (Wildman–Crippen LogP) is 5.41. The molecule has 0 heterocycles. The summed E-state index contributed by atoms with van der Waals surface area (Å²) >= 11 is 11.8. The lowest BCUT2D eigenvalue weighted by Gasteiger charge is -2.10. The molecule has 0 saturated carbocycles. The van der Waals surface area contributed by atoms with Gasteiger partial charge >= 0.3 is 0 Å². The molecule has 0 fully saturated rings. The van der Waals surface area contributed by atoms with Gasteiger partial charge in [0.25, 0.3) is 0 Å². The number of amides is 1. The van der Waals surface area contributed by atoms with Gasteiger partial charge in [-0.2, -0.15) is 0 Å². The lowest BCUT2D eigenvalue weighted by molar-refractivity contribution is -0.116. The second-order valence-electron chi connectivity index (χ2n) is 5.39. The zero-order chi connectivity index (χ0) is 16.8. The Kier molecular flexibility index (Phi) is 6.31. The normalized spacial score (nSPS) is 10.4. The molecule has 0 aliphatic carbocycles. The van der Waals surface area contributed by atoms with E-state index in [1.54, 1.807) is 18.2 Å². The largest absolute Gasteiger partial charge is 0.493 e. The molecule has 5 heteroatoms. The number of carbonyl (C=O) groups is 1. The van der Waals surface area contributed by atoms with Gasteiger partial charge in [0.1, 0.15) is 5.75 Å². The summed E-state index contributed by atoms with van der Waals surface area (Å²) in [5.41, 5.74) is 2.81. The maximum atomic E-state index is 11.9. The fourth-order valence-electron chi connectivity index (χ4n) is 2.08. The fraction of sp³-hybridized carbons (Fsp3) is 0.278. The summed E-state index contributed by atoms with van der Waals surface area (Å²) in [5, 5.41) is 3.74. The number of ether oxygens (including phenoxy) is 1. The number of rotatable bonds is 6. The third-order valence-corrected chi connectivity index (χ3v) is 3.90. The summed E-state index contributed by atoms with van der Waals surface area (Å²) in [5.74, 6) is 0.768. The van der Waals surface area contributed by atoms with E-state index in [0.29, 0.717) is 35.2 Å². The molecule has 0 aliphatic heterocycles. The van der Waals surface area contributed by atoms with E-state index in [9.17, 15) is 4.79 Å². The van der Waals surface area contributed by atoms with Crippen molar-refractivity contribution in [3.63, 3.8) is 0 Å². The van der Waals surface area contributed by atoms with E-state index in [1.165, 1.54) is 0 Å². The molecule has 2 aromatic carbocycles. The van der Waals surface area contributed by atoms with Crippen molar-refractivity contribution in [1.29, 1.82) is 0 Å². The first-order valence-corrected chi connectivity index (χ1v) is 8.16. The zero-order valence-electron chi connectivity index (χ0n) is 13.2. The number of carbonyl (C=O) groups excluding carboxylic acids is 1. The van der Waals surface area contributed by atoms with Gasteiger partial charge in [0, 0.05) is 11.4 Å². The van der Waals surface area contributed by atoms with Gasteiger partial charge in [-0.05, 0) is 55.7 Å². The second kappa shape index (κ2) is 8.23. The minimum atomic E-state index is -0.0983. The van der Waals surface area contributed by atoms with E-state index in [1.807, 2.05) is 32.0 Å². The average molecular weight is 352 g/mol. The predicted molar refractivity (Wildman–Crippen MR) is 95.7 cm³/mol. The molecule has 2 aromatic rings. The Morgan fingerprint density at radius 1 is 1.13 bits per heavy atom. The highest BCUT2D eigenvalue weighted by Gasteiger charge is 2.07. The SMILES string of the molecule is Cc1ccc(C)c(OCCCC(=O)Nc2ccc(Cl)cc2Cl)c1. The summed E-state index contributed by atoms with van der Waals surface area (Å²) in [6, 6.07) is 11.1. The van der Waals surface area contributed by atoms with Gasteiger partial charge in [-0.25, -0.2) is 0 Å². The van der Waals surface area contributed by atoms with Gasteiger partial charge in [-0.1, -0.05) is 35.3 Å². The van der Waals surface area contributed by atoms with Crippen LogP contribution in [0.1, 0.15) is 24.0 Å². The quantitative estimate of drug-likeness (QED) is 0.706. The lowest BCUT2D eigenvalue weighted by Crippen LogP contribution is -2.13. The highest BCUT2D eigenvalue weighted by atomic mass is 35.5. The van der Waals surface area contributed by atoms with Crippen molar-refractivity contribution in [3.8, 4) is 5.75 Å². The van der Waals surface area contributed by atoms with Crippen molar-refractivity contribution in [3.05, 3.63) is 57.6 Å². The Morgan fingerprint density at radius 2 is 1.91 bits per heavy atom. The van der Waals surface area contributed by atoms with Crippen molar-refractivity contribution in [1.82, 2.24) is 0 Å². The molecule has 0 saturated heterocycles. The van der Waals surface area contributed by atoms with Crippen LogP contribution in [0.25, 0.3) is 0 Å². The van der Waals surface area contributed by atoms with Crippen molar-refractivity contribution in [2.24, 2.45) is 0 Å². The molecule has 2 rings (SSSR count). The van der Waals surface area contributed by atoms with E-state index in [-0.39, 0.29) is 5.91 Å². The van der Waals surface area contributed by atoms with Gasteiger partial charge in [0.2, 0.25) is 5.91 Å². The van der Waals surface area contributed by atoms with Gasteiger partial charge < -0.3 is 10.1 Å². The molecule has 0 unspecified atom stereocenters. The van der Waals surface area contributed by atoms with Crippen LogP contribution in [0.15, 0.2) is 36.4 Å². The Morgan fingerprint density at radius 3 is 2.65 bits per heavy atom. The van der Waals surface area contributed by atoms with Crippen molar-refractivity contribution in [2.75, 3.05) is 11.9 Å². The third kappa shape index (κ3) is 5.45. The summed E-state index contributed by atoms with van der Waals surface area (Å²) in [7, 11) is 0.